The van der Waals surface area contributed by atoms with E-state index < -0.39 is 0 Å². The van der Waals surface area contributed by atoms with Gasteiger partial charge in [-0.25, -0.2) is 0 Å². The van der Waals surface area contributed by atoms with Crippen molar-refractivity contribution in [1.29, 1.82) is 0 Å². The van der Waals surface area contributed by atoms with E-state index in [1.54, 1.807) is 0 Å². The van der Waals surface area contributed by atoms with Crippen molar-refractivity contribution in [3.63, 3.8) is 0 Å². The number of piperidine rings is 1. The van der Waals surface area contributed by atoms with Crippen molar-refractivity contribution in [3.8, 4) is 5.75 Å². The Bertz CT molecular complexity index is 392. The van der Waals surface area contributed by atoms with E-state index in [0.717, 1.165) is 25.4 Å². The minimum Gasteiger partial charge on any atom is -0.492 e. The fourth-order valence-corrected chi connectivity index (χ4v) is 2.88. The molecule has 3 nitrogen and oxygen atoms in total. The molecule has 0 radical (unpaired) electrons. The zero-order valence-corrected chi connectivity index (χ0v) is 12.1. The van der Waals surface area contributed by atoms with Gasteiger partial charge in [-0.1, -0.05) is 18.6 Å². The Kier molecular flexibility index (Phi) is 5.23. The first-order valence-corrected chi connectivity index (χ1v) is 7.36. The average Bonchev–Trinajstić information content (AvgIpc) is 2.39. The van der Waals surface area contributed by atoms with Gasteiger partial charge in [0.1, 0.15) is 12.4 Å². The normalized spacial score (nSPS) is 22.2. The lowest BCUT2D eigenvalue weighted by molar-refractivity contribution is 0.109. The monoisotopic (exact) mass is 262 g/mol. The maximum absolute atomic E-state index is 6.08. The molecule has 3 heteroatoms. The van der Waals surface area contributed by atoms with Crippen LogP contribution in [0.1, 0.15) is 31.7 Å². The molecule has 1 aliphatic heterocycles. The minimum atomic E-state index is 0.249. The van der Waals surface area contributed by atoms with Crippen LogP contribution in [0.4, 0.5) is 0 Å². The largest absolute Gasteiger partial charge is 0.492 e. The Morgan fingerprint density at radius 3 is 3.00 bits per heavy atom. The first-order chi connectivity index (χ1) is 9.16. The number of rotatable bonds is 5. The Morgan fingerprint density at radius 1 is 1.42 bits per heavy atom. The molecule has 1 fully saturated rings. The summed E-state index contributed by atoms with van der Waals surface area (Å²) in [5, 5.41) is 0. The van der Waals surface area contributed by atoms with Crippen molar-refractivity contribution < 1.29 is 4.74 Å². The van der Waals surface area contributed by atoms with Gasteiger partial charge in [-0.2, -0.15) is 0 Å². The number of benzene rings is 1. The van der Waals surface area contributed by atoms with Crippen LogP contribution in [0.3, 0.4) is 0 Å². The molecule has 19 heavy (non-hydrogen) atoms. The highest BCUT2D eigenvalue weighted by Gasteiger charge is 2.24. The molecule has 106 valence electrons. The van der Waals surface area contributed by atoms with Crippen molar-refractivity contribution in [2.24, 2.45) is 5.73 Å². The second-order valence-corrected chi connectivity index (χ2v) is 5.62. The van der Waals surface area contributed by atoms with Crippen LogP contribution in [0.2, 0.25) is 0 Å². The highest BCUT2D eigenvalue weighted by atomic mass is 16.5. The maximum atomic E-state index is 6.08. The van der Waals surface area contributed by atoms with Crippen LogP contribution in [0.15, 0.2) is 24.3 Å². The van der Waals surface area contributed by atoms with Gasteiger partial charge in [0.2, 0.25) is 0 Å². The van der Waals surface area contributed by atoms with E-state index >= 15 is 0 Å². The van der Waals surface area contributed by atoms with E-state index in [0.29, 0.717) is 6.04 Å². The lowest BCUT2D eigenvalue weighted by atomic mass is 9.97. The summed E-state index contributed by atoms with van der Waals surface area (Å²) in [5.74, 6) is 0.967. The molecule has 0 aliphatic carbocycles. The average molecular weight is 262 g/mol. The zero-order chi connectivity index (χ0) is 13.7. The van der Waals surface area contributed by atoms with E-state index in [2.05, 4.69) is 30.9 Å². The third kappa shape index (κ3) is 4.22. The van der Waals surface area contributed by atoms with Gasteiger partial charge in [0.25, 0.3) is 0 Å². The van der Waals surface area contributed by atoms with E-state index in [1.165, 1.54) is 24.8 Å². The fourth-order valence-electron chi connectivity index (χ4n) is 2.88. The number of aryl methyl sites for hydroxylation is 1. The molecule has 2 rings (SSSR count). The molecular formula is C16H26N2O. The molecule has 1 aromatic rings. The molecule has 1 aromatic carbocycles. The number of hydrogen-bond donors (Lipinski definition) is 1. The van der Waals surface area contributed by atoms with Gasteiger partial charge in [0.15, 0.2) is 0 Å². The topological polar surface area (TPSA) is 38.5 Å². The molecule has 2 atom stereocenters. The predicted octanol–water partition coefficient (Wildman–Crippen LogP) is 2.58. The summed E-state index contributed by atoms with van der Waals surface area (Å²) in [6, 6.07) is 9.00. The summed E-state index contributed by atoms with van der Waals surface area (Å²) in [6.45, 7) is 7.07. The van der Waals surface area contributed by atoms with Crippen LogP contribution in [0.25, 0.3) is 0 Å². The lowest BCUT2D eigenvalue weighted by Crippen LogP contribution is -2.50. The van der Waals surface area contributed by atoms with Crippen molar-refractivity contribution in [2.75, 3.05) is 19.7 Å². The van der Waals surface area contributed by atoms with Crippen LogP contribution in [-0.4, -0.2) is 36.7 Å². The standard InChI is InChI=1S/C16H26N2O/c1-13-6-5-7-15(12-13)19-11-10-18-9-4-3-8-16(18)14(2)17/h5-7,12,14,16H,3-4,8-11,17H2,1-2H3. The summed E-state index contributed by atoms with van der Waals surface area (Å²) in [7, 11) is 0. The van der Waals surface area contributed by atoms with Crippen LogP contribution >= 0.6 is 0 Å². The molecule has 1 saturated heterocycles. The van der Waals surface area contributed by atoms with Crippen molar-refractivity contribution in [1.82, 2.24) is 4.90 Å². The van der Waals surface area contributed by atoms with Crippen LogP contribution in [0.5, 0.6) is 5.75 Å². The molecular weight excluding hydrogens is 236 g/mol. The number of nitrogens with zero attached hydrogens (tertiary/aromatic N) is 1. The first-order valence-electron chi connectivity index (χ1n) is 7.36. The number of hydrogen-bond acceptors (Lipinski definition) is 3. The minimum absolute atomic E-state index is 0.249. The maximum Gasteiger partial charge on any atom is 0.119 e. The summed E-state index contributed by atoms with van der Waals surface area (Å²) >= 11 is 0. The van der Waals surface area contributed by atoms with Gasteiger partial charge in [-0.3, -0.25) is 4.90 Å². The van der Waals surface area contributed by atoms with Crippen molar-refractivity contribution >= 4 is 0 Å². The van der Waals surface area contributed by atoms with Gasteiger partial charge in [0, 0.05) is 18.6 Å². The highest BCUT2D eigenvalue weighted by Crippen LogP contribution is 2.19. The molecule has 1 aliphatic rings. The summed E-state index contributed by atoms with van der Waals surface area (Å²) < 4.78 is 5.84. The lowest BCUT2D eigenvalue weighted by Gasteiger charge is -2.37. The number of likely N-dealkylation sites (tertiary alicyclic amines) is 1. The second-order valence-electron chi connectivity index (χ2n) is 5.62. The Morgan fingerprint density at radius 2 is 2.26 bits per heavy atom. The molecule has 0 aromatic heterocycles. The van der Waals surface area contributed by atoms with Crippen LogP contribution in [-0.2, 0) is 0 Å². The van der Waals surface area contributed by atoms with Crippen LogP contribution < -0.4 is 10.5 Å². The summed E-state index contributed by atoms with van der Waals surface area (Å²) in [6.07, 6.45) is 3.82. The molecule has 0 amide bonds. The highest BCUT2D eigenvalue weighted by molar-refractivity contribution is 5.27. The molecule has 0 spiro atoms. The van der Waals surface area contributed by atoms with Gasteiger partial charge < -0.3 is 10.5 Å². The third-order valence-electron chi connectivity index (χ3n) is 3.91. The molecule has 2 unspecified atom stereocenters. The Labute approximate surface area is 116 Å². The van der Waals surface area contributed by atoms with Gasteiger partial charge >= 0.3 is 0 Å². The smallest absolute Gasteiger partial charge is 0.119 e. The van der Waals surface area contributed by atoms with Crippen molar-refractivity contribution in [2.45, 2.75) is 45.2 Å². The van der Waals surface area contributed by atoms with E-state index in [9.17, 15) is 0 Å². The number of nitrogens with two attached hydrogens (primary N) is 1. The second kappa shape index (κ2) is 6.92. The van der Waals surface area contributed by atoms with Gasteiger partial charge in [-0.15, -0.1) is 0 Å². The molecule has 0 bridgehead atoms. The molecule has 1 heterocycles. The number of ether oxygens (including phenoxy) is 1. The van der Waals surface area contributed by atoms with Crippen LogP contribution in [0, 0.1) is 6.92 Å². The Hall–Kier alpha value is -1.06. The van der Waals surface area contributed by atoms with E-state index in [-0.39, 0.29) is 6.04 Å². The van der Waals surface area contributed by atoms with E-state index in [4.69, 9.17) is 10.5 Å². The predicted molar refractivity (Wildman–Crippen MR) is 79.5 cm³/mol. The third-order valence-corrected chi connectivity index (χ3v) is 3.91. The quantitative estimate of drug-likeness (QED) is 0.886. The molecule has 2 N–H and O–H groups in total. The van der Waals surface area contributed by atoms with Gasteiger partial charge in [-0.05, 0) is 50.9 Å². The summed E-state index contributed by atoms with van der Waals surface area (Å²) in [5.41, 5.74) is 7.32. The zero-order valence-electron chi connectivity index (χ0n) is 12.1. The summed E-state index contributed by atoms with van der Waals surface area (Å²) in [4.78, 5) is 2.49. The SMILES string of the molecule is Cc1cccc(OCCN2CCCCC2C(C)N)c1. The van der Waals surface area contributed by atoms with Gasteiger partial charge in [0.05, 0.1) is 0 Å². The molecule has 0 saturated carbocycles. The van der Waals surface area contributed by atoms with E-state index in [1.807, 2.05) is 12.1 Å². The fraction of sp³-hybridized carbons (Fsp3) is 0.625. The Balaban J connectivity index is 1.81. The van der Waals surface area contributed by atoms with Crippen molar-refractivity contribution in [3.05, 3.63) is 29.8 Å². The first kappa shape index (κ1) is 14.4.